The van der Waals surface area contributed by atoms with E-state index in [9.17, 15) is 4.79 Å². The van der Waals surface area contributed by atoms with Crippen LogP contribution in [0, 0.1) is 0 Å². The van der Waals surface area contributed by atoms with Crippen LogP contribution in [0.1, 0.15) is 16.2 Å². The maximum Gasteiger partial charge on any atom is 0.271 e. The molecule has 1 heterocycles. The van der Waals surface area contributed by atoms with Gasteiger partial charge in [0.15, 0.2) is 0 Å². The predicted octanol–water partition coefficient (Wildman–Crippen LogP) is 1.29. The lowest BCUT2D eigenvalue weighted by Gasteiger charge is -2.09. The molecule has 0 aliphatic heterocycles. The van der Waals surface area contributed by atoms with Gasteiger partial charge in [-0.05, 0) is 32.3 Å². The monoisotopic (exact) mass is 318 g/mol. The highest BCUT2D eigenvalue weighted by Crippen LogP contribution is 2.19. The number of likely N-dealkylation sites (N-methyl/N-ethyl adjacent to an activating group) is 1. The zero-order chi connectivity index (χ0) is 16.7. The molecule has 124 valence electrons. The van der Waals surface area contributed by atoms with Gasteiger partial charge in [0.05, 0.1) is 12.8 Å². The zero-order valence-corrected chi connectivity index (χ0v) is 13.6. The van der Waals surface area contributed by atoms with E-state index >= 15 is 0 Å². The summed E-state index contributed by atoms with van der Waals surface area (Å²) in [5.74, 6) is 1.22. The summed E-state index contributed by atoms with van der Waals surface area (Å²) in [4.78, 5) is 13.9. The van der Waals surface area contributed by atoms with Crippen LogP contribution in [0.3, 0.4) is 0 Å². The van der Waals surface area contributed by atoms with E-state index in [4.69, 9.17) is 9.47 Å². The summed E-state index contributed by atoms with van der Waals surface area (Å²) < 4.78 is 10.8. The van der Waals surface area contributed by atoms with E-state index in [1.165, 1.54) is 0 Å². The van der Waals surface area contributed by atoms with Crippen molar-refractivity contribution in [3.05, 3.63) is 41.7 Å². The maximum atomic E-state index is 11.9. The van der Waals surface area contributed by atoms with Crippen LogP contribution in [-0.2, 0) is 6.61 Å². The van der Waals surface area contributed by atoms with Crippen LogP contribution in [0.5, 0.6) is 11.5 Å². The summed E-state index contributed by atoms with van der Waals surface area (Å²) in [6, 6.07) is 9.02. The lowest BCUT2D eigenvalue weighted by molar-refractivity contribution is 0.0946. The summed E-state index contributed by atoms with van der Waals surface area (Å²) in [5.41, 5.74) is 1.08. The van der Waals surface area contributed by atoms with Gasteiger partial charge in [-0.2, -0.15) is 5.10 Å². The molecule has 0 bridgehead atoms. The van der Waals surface area contributed by atoms with Gasteiger partial charge in [-0.1, -0.05) is 6.07 Å². The van der Waals surface area contributed by atoms with Crippen LogP contribution in [0.4, 0.5) is 0 Å². The minimum Gasteiger partial charge on any atom is -0.497 e. The zero-order valence-electron chi connectivity index (χ0n) is 13.6. The van der Waals surface area contributed by atoms with Gasteiger partial charge in [-0.15, -0.1) is 0 Å². The van der Waals surface area contributed by atoms with Crippen LogP contribution in [-0.4, -0.2) is 55.3 Å². The molecule has 0 spiro atoms. The number of rotatable bonds is 8. The Labute approximate surface area is 135 Å². The molecule has 1 aromatic heterocycles. The first-order chi connectivity index (χ1) is 11.1. The Morgan fingerprint density at radius 1 is 1.30 bits per heavy atom. The molecule has 7 nitrogen and oxygen atoms in total. The van der Waals surface area contributed by atoms with Gasteiger partial charge in [0.2, 0.25) is 0 Å². The Hall–Kier alpha value is -2.54. The normalized spacial score (nSPS) is 10.6. The van der Waals surface area contributed by atoms with Crippen LogP contribution in [0.25, 0.3) is 0 Å². The number of ether oxygens (including phenoxy) is 2. The molecular weight excluding hydrogens is 296 g/mol. The van der Waals surface area contributed by atoms with E-state index in [1.54, 1.807) is 19.2 Å². The highest BCUT2D eigenvalue weighted by Gasteiger charge is 2.10. The van der Waals surface area contributed by atoms with E-state index in [-0.39, 0.29) is 5.91 Å². The van der Waals surface area contributed by atoms with Crippen molar-refractivity contribution in [3.8, 4) is 11.5 Å². The molecule has 0 fully saturated rings. The van der Waals surface area contributed by atoms with Gasteiger partial charge in [-0.3, -0.25) is 9.89 Å². The molecular formula is C16H22N4O3. The fraction of sp³-hybridized carbons (Fsp3) is 0.375. The minimum absolute atomic E-state index is 0.198. The van der Waals surface area contributed by atoms with Crippen LogP contribution >= 0.6 is 0 Å². The van der Waals surface area contributed by atoms with Crippen LogP contribution < -0.4 is 14.8 Å². The summed E-state index contributed by atoms with van der Waals surface area (Å²) in [7, 11) is 5.51. The lowest BCUT2D eigenvalue weighted by atomic mass is 10.3. The number of carbonyl (C=O) groups excluding carboxylic acids is 1. The number of nitrogens with one attached hydrogen (secondary N) is 2. The Balaban J connectivity index is 1.85. The third-order valence-corrected chi connectivity index (χ3v) is 3.14. The second-order valence-electron chi connectivity index (χ2n) is 5.31. The Kier molecular flexibility index (Phi) is 5.99. The largest absolute Gasteiger partial charge is 0.497 e. The van der Waals surface area contributed by atoms with E-state index in [1.807, 2.05) is 37.2 Å². The number of aromatic amines is 1. The van der Waals surface area contributed by atoms with Crippen molar-refractivity contribution in [2.45, 2.75) is 6.61 Å². The van der Waals surface area contributed by atoms with E-state index in [0.717, 1.165) is 18.0 Å². The van der Waals surface area contributed by atoms with Gasteiger partial charge in [0, 0.05) is 19.2 Å². The summed E-state index contributed by atoms with van der Waals surface area (Å²) in [6.45, 7) is 1.65. The molecule has 7 heteroatoms. The van der Waals surface area contributed by atoms with Crippen molar-refractivity contribution in [1.29, 1.82) is 0 Å². The average Bonchev–Trinajstić information content (AvgIpc) is 3.02. The summed E-state index contributed by atoms with van der Waals surface area (Å²) >= 11 is 0. The molecule has 0 atom stereocenters. The standard InChI is InChI=1S/C16H22N4O3/c1-20(2)8-7-17-16(21)15-9-12(18-19-15)11-23-14-6-4-5-13(10-14)22-3/h4-6,9-10H,7-8,11H2,1-3H3,(H,17,21)(H,18,19). The fourth-order valence-corrected chi connectivity index (χ4v) is 1.89. The number of methoxy groups -OCH3 is 1. The smallest absolute Gasteiger partial charge is 0.271 e. The number of carbonyl (C=O) groups is 1. The molecule has 0 aliphatic carbocycles. The molecule has 2 rings (SSSR count). The molecule has 0 saturated carbocycles. The van der Waals surface area contributed by atoms with Crippen LogP contribution in [0.15, 0.2) is 30.3 Å². The van der Waals surface area contributed by atoms with Crippen molar-refractivity contribution in [1.82, 2.24) is 20.4 Å². The molecule has 0 saturated heterocycles. The molecule has 1 amide bonds. The van der Waals surface area contributed by atoms with Gasteiger partial charge >= 0.3 is 0 Å². The minimum atomic E-state index is -0.198. The number of hydrogen-bond donors (Lipinski definition) is 2. The summed E-state index contributed by atoms with van der Waals surface area (Å²) in [6.07, 6.45) is 0. The first-order valence-corrected chi connectivity index (χ1v) is 7.32. The van der Waals surface area contributed by atoms with E-state index in [0.29, 0.717) is 24.6 Å². The number of aromatic nitrogens is 2. The quantitative estimate of drug-likeness (QED) is 0.767. The molecule has 2 aromatic rings. The highest BCUT2D eigenvalue weighted by molar-refractivity contribution is 5.92. The third kappa shape index (κ3) is 5.30. The van der Waals surface area contributed by atoms with Gasteiger partial charge in [-0.25, -0.2) is 0 Å². The summed E-state index contributed by atoms with van der Waals surface area (Å²) in [5, 5.41) is 9.62. The molecule has 0 aliphatic rings. The number of H-pyrrole nitrogens is 1. The second-order valence-corrected chi connectivity index (χ2v) is 5.31. The topological polar surface area (TPSA) is 79.5 Å². The highest BCUT2D eigenvalue weighted by atomic mass is 16.5. The number of hydrogen-bond acceptors (Lipinski definition) is 5. The lowest BCUT2D eigenvalue weighted by Crippen LogP contribution is -2.31. The van der Waals surface area contributed by atoms with Crippen molar-refractivity contribution in [3.63, 3.8) is 0 Å². The SMILES string of the molecule is COc1cccc(OCc2cc(C(=O)NCCN(C)C)n[nH]2)c1. The predicted molar refractivity (Wildman–Crippen MR) is 86.8 cm³/mol. The van der Waals surface area contributed by atoms with Crippen LogP contribution in [0.2, 0.25) is 0 Å². The van der Waals surface area contributed by atoms with Crippen molar-refractivity contribution in [2.75, 3.05) is 34.3 Å². The van der Waals surface area contributed by atoms with Crippen molar-refractivity contribution < 1.29 is 14.3 Å². The molecule has 0 radical (unpaired) electrons. The molecule has 2 N–H and O–H groups in total. The first kappa shape index (κ1) is 16.8. The van der Waals surface area contributed by atoms with Crippen molar-refractivity contribution >= 4 is 5.91 Å². The Morgan fingerprint density at radius 2 is 2.09 bits per heavy atom. The van der Waals surface area contributed by atoms with E-state index < -0.39 is 0 Å². The van der Waals surface area contributed by atoms with Gasteiger partial charge in [0.1, 0.15) is 23.8 Å². The van der Waals surface area contributed by atoms with E-state index in [2.05, 4.69) is 15.5 Å². The number of benzene rings is 1. The second kappa shape index (κ2) is 8.19. The Morgan fingerprint density at radius 3 is 2.83 bits per heavy atom. The average molecular weight is 318 g/mol. The Bertz CT molecular complexity index is 640. The van der Waals surface area contributed by atoms with Gasteiger partial charge in [0.25, 0.3) is 5.91 Å². The first-order valence-electron chi connectivity index (χ1n) is 7.32. The van der Waals surface area contributed by atoms with Crippen molar-refractivity contribution in [2.24, 2.45) is 0 Å². The molecule has 23 heavy (non-hydrogen) atoms. The molecule has 1 aromatic carbocycles. The maximum absolute atomic E-state index is 11.9. The number of amides is 1. The fourth-order valence-electron chi connectivity index (χ4n) is 1.89. The third-order valence-electron chi connectivity index (χ3n) is 3.14. The van der Waals surface area contributed by atoms with Gasteiger partial charge < -0.3 is 19.7 Å². The molecule has 0 unspecified atom stereocenters. The number of nitrogens with zero attached hydrogens (tertiary/aromatic N) is 2.